The molecule has 0 aliphatic rings. The zero-order chi connectivity index (χ0) is 17.8. The lowest BCUT2D eigenvalue weighted by Gasteiger charge is -2.15. The van der Waals surface area contributed by atoms with E-state index in [0.717, 1.165) is 11.1 Å². The quantitative estimate of drug-likeness (QED) is 0.721. The van der Waals surface area contributed by atoms with Crippen LogP contribution in [0, 0.1) is 6.92 Å². The first-order valence-corrected chi connectivity index (χ1v) is 7.59. The van der Waals surface area contributed by atoms with Crippen LogP contribution >= 0.6 is 0 Å². The van der Waals surface area contributed by atoms with Crippen LogP contribution < -0.4 is 10.1 Å². The number of aryl methyl sites for hydroxylation is 1. The molecule has 0 radical (unpaired) electrons. The van der Waals surface area contributed by atoms with Gasteiger partial charge >= 0.3 is 6.61 Å². The average Bonchev–Trinajstić information content (AvgIpc) is 3.02. The summed E-state index contributed by atoms with van der Waals surface area (Å²) in [7, 11) is 0. The Morgan fingerprint density at radius 1 is 1.16 bits per heavy atom. The van der Waals surface area contributed by atoms with E-state index in [1.807, 2.05) is 6.92 Å². The van der Waals surface area contributed by atoms with Crippen LogP contribution in [0.1, 0.15) is 24.4 Å². The summed E-state index contributed by atoms with van der Waals surface area (Å²) in [5, 5.41) is 7.01. The molecule has 1 N–H and O–H groups in total. The van der Waals surface area contributed by atoms with E-state index in [9.17, 15) is 8.78 Å². The molecule has 3 rings (SSSR count). The standard InChI is InChI=1S/C17H16F2N4O2/c1-10(12-3-5-14(6-4-12)24-17(18)19)21-15-9-13(7-8-20-15)16-22-11(2)23-25-16/h3-10,17H,1-2H3,(H,20,21). The third kappa shape index (κ3) is 4.28. The molecule has 0 bridgehead atoms. The Morgan fingerprint density at radius 3 is 2.56 bits per heavy atom. The maximum Gasteiger partial charge on any atom is 0.387 e. The fraction of sp³-hybridized carbons (Fsp3) is 0.235. The Balaban J connectivity index is 1.71. The smallest absolute Gasteiger partial charge is 0.387 e. The minimum Gasteiger partial charge on any atom is -0.435 e. The summed E-state index contributed by atoms with van der Waals surface area (Å²) in [6, 6.07) is 9.95. The Hall–Kier alpha value is -3.03. The highest BCUT2D eigenvalue weighted by Gasteiger charge is 2.11. The topological polar surface area (TPSA) is 73.1 Å². The molecular weight excluding hydrogens is 330 g/mol. The van der Waals surface area contributed by atoms with Gasteiger partial charge in [-0.05, 0) is 43.7 Å². The number of alkyl halides is 2. The van der Waals surface area contributed by atoms with Crippen molar-refractivity contribution in [2.45, 2.75) is 26.5 Å². The largest absolute Gasteiger partial charge is 0.435 e. The van der Waals surface area contributed by atoms with Crippen molar-refractivity contribution in [3.8, 4) is 17.2 Å². The number of anilines is 1. The van der Waals surface area contributed by atoms with Crippen LogP contribution in [0.3, 0.4) is 0 Å². The summed E-state index contributed by atoms with van der Waals surface area (Å²) >= 11 is 0. The van der Waals surface area contributed by atoms with Crippen molar-refractivity contribution in [2.24, 2.45) is 0 Å². The van der Waals surface area contributed by atoms with E-state index in [2.05, 4.69) is 25.2 Å². The second kappa shape index (κ2) is 7.25. The van der Waals surface area contributed by atoms with Gasteiger partial charge in [0, 0.05) is 17.8 Å². The molecule has 3 aromatic rings. The third-order valence-electron chi connectivity index (χ3n) is 3.50. The molecule has 0 saturated heterocycles. The summed E-state index contributed by atoms with van der Waals surface area (Å²) in [5.41, 5.74) is 1.66. The van der Waals surface area contributed by atoms with Crippen molar-refractivity contribution in [3.63, 3.8) is 0 Å². The number of benzene rings is 1. The highest BCUT2D eigenvalue weighted by Crippen LogP contribution is 2.24. The monoisotopic (exact) mass is 346 g/mol. The molecule has 1 unspecified atom stereocenters. The van der Waals surface area contributed by atoms with E-state index in [0.29, 0.717) is 17.5 Å². The number of ether oxygens (including phenoxy) is 1. The lowest BCUT2D eigenvalue weighted by Crippen LogP contribution is -2.08. The molecule has 0 aliphatic carbocycles. The van der Waals surface area contributed by atoms with Gasteiger partial charge in [0.1, 0.15) is 11.6 Å². The first-order valence-electron chi connectivity index (χ1n) is 7.59. The van der Waals surface area contributed by atoms with Crippen molar-refractivity contribution >= 4 is 5.82 Å². The van der Waals surface area contributed by atoms with Crippen LogP contribution in [-0.2, 0) is 0 Å². The molecule has 130 valence electrons. The summed E-state index contributed by atoms with van der Waals surface area (Å²) in [4.78, 5) is 8.45. The Kier molecular flexibility index (Phi) is 4.87. The van der Waals surface area contributed by atoms with Gasteiger partial charge in [-0.2, -0.15) is 13.8 Å². The number of hydrogen-bond acceptors (Lipinski definition) is 6. The minimum absolute atomic E-state index is 0.0900. The molecule has 2 heterocycles. The van der Waals surface area contributed by atoms with E-state index < -0.39 is 6.61 Å². The first-order chi connectivity index (χ1) is 12.0. The van der Waals surface area contributed by atoms with Crippen molar-refractivity contribution in [1.29, 1.82) is 0 Å². The normalized spacial score (nSPS) is 12.2. The second-order valence-corrected chi connectivity index (χ2v) is 5.39. The van der Waals surface area contributed by atoms with Crippen LogP contribution in [0.2, 0.25) is 0 Å². The fourth-order valence-corrected chi connectivity index (χ4v) is 2.30. The van der Waals surface area contributed by atoms with E-state index in [4.69, 9.17) is 4.52 Å². The van der Waals surface area contributed by atoms with Crippen LogP contribution in [0.25, 0.3) is 11.5 Å². The van der Waals surface area contributed by atoms with Crippen molar-refractivity contribution in [2.75, 3.05) is 5.32 Å². The van der Waals surface area contributed by atoms with Gasteiger partial charge in [-0.1, -0.05) is 17.3 Å². The highest BCUT2D eigenvalue weighted by atomic mass is 19.3. The zero-order valence-corrected chi connectivity index (χ0v) is 13.6. The molecule has 0 spiro atoms. The van der Waals surface area contributed by atoms with Crippen molar-refractivity contribution < 1.29 is 18.0 Å². The van der Waals surface area contributed by atoms with Gasteiger partial charge in [-0.3, -0.25) is 0 Å². The SMILES string of the molecule is Cc1noc(-c2ccnc(NC(C)c3ccc(OC(F)F)cc3)c2)n1. The lowest BCUT2D eigenvalue weighted by atomic mass is 10.1. The van der Waals surface area contributed by atoms with Crippen LogP contribution in [0.15, 0.2) is 47.1 Å². The predicted molar refractivity (Wildman–Crippen MR) is 87.4 cm³/mol. The van der Waals surface area contributed by atoms with Crippen molar-refractivity contribution in [1.82, 2.24) is 15.1 Å². The summed E-state index contributed by atoms with van der Waals surface area (Å²) < 4.78 is 33.9. The molecule has 1 aromatic carbocycles. The zero-order valence-electron chi connectivity index (χ0n) is 13.6. The maximum absolute atomic E-state index is 12.2. The Morgan fingerprint density at radius 2 is 1.92 bits per heavy atom. The minimum atomic E-state index is -2.83. The van der Waals surface area contributed by atoms with E-state index >= 15 is 0 Å². The molecule has 0 saturated carbocycles. The number of nitrogens with zero attached hydrogens (tertiary/aromatic N) is 3. The molecule has 1 atom stereocenters. The average molecular weight is 346 g/mol. The van der Waals surface area contributed by atoms with Gasteiger partial charge in [0.15, 0.2) is 5.82 Å². The molecule has 6 nitrogen and oxygen atoms in total. The molecule has 8 heteroatoms. The number of pyridine rings is 1. The number of hydrogen-bond donors (Lipinski definition) is 1. The van der Waals surface area contributed by atoms with E-state index in [1.165, 1.54) is 12.1 Å². The first kappa shape index (κ1) is 16.8. The van der Waals surface area contributed by atoms with Gasteiger partial charge in [0.05, 0.1) is 0 Å². The van der Waals surface area contributed by atoms with Gasteiger partial charge in [-0.25, -0.2) is 4.98 Å². The van der Waals surface area contributed by atoms with E-state index in [1.54, 1.807) is 37.4 Å². The van der Waals surface area contributed by atoms with E-state index in [-0.39, 0.29) is 11.8 Å². The highest BCUT2D eigenvalue weighted by molar-refractivity contribution is 5.58. The number of nitrogens with one attached hydrogen (secondary N) is 1. The lowest BCUT2D eigenvalue weighted by molar-refractivity contribution is -0.0498. The number of halogens is 2. The summed E-state index contributed by atoms with van der Waals surface area (Å²) in [5.74, 6) is 1.73. The molecule has 25 heavy (non-hydrogen) atoms. The van der Waals surface area contributed by atoms with Gasteiger partial charge < -0.3 is 14.6 Å². The third-order valence-corrected chi connectivity index (χ3v) is 3.50. The second-order valence-electron chi connectivity index (χ2n) is 5.39. The van der Waals surface area contributed by atoms with Crippen molar-refractivity contribution in [3.05, 3.63) is 54.0 Å². The van der Waals surface area contributed by atoms with Crippen LogP contribution in [0.5, 0.6) is 5.75 Å². The molecule has 0 fully saturated rings. The Labute approximate surface area is 142 Å². The summed E-state index contributed by atoms with van der Waals surface area (Å²) in [6.07, 6.45) is 1.64. The van der Waals surface area contributed by atoms with Gasteiger partial charge in [0.2, 0.25) is 0 Å². The maximum atomic E-state index is 12.2. The molecule has 2 aromatic heterocycles. The molecule has 0 aliphatic heterocycles. The van der Waals surface area contributed by atoms with Crippen LogP contribution in [-0.4, -0.2) is 21.7 Å². The molecule has 0 amide bonds. The Bertz CT molecular complexity index is 837. The van der Waals surface area contributed by atoms with Gasteiger partial charge in [-0.15, -0.1) is 0 Å². The summed E-state index contributed by atoms with van der Waals surface area (Å²) in [6.45, 7) is 0.854. The van der Waals surface area contributed by atoms with Crippen LogP contribution in [0.4, 0.5) is 14.6 Å². The fourth-order valence-electron chi connectivity index (χ4n) is 2.30. The number of aromatic nitrogens is 3. The molecular formula is C17H16F2N4O2. The van der Waals surface area contributed by atoms with Gasteiger partial charge in [0.25, 0.3) is 5.89 Å². The number of rotatable bonds is 6. The predicted octanol–water partition coefficient (Wildman–Crippen LogP) is 4.21.